The summed E-state index contributed by atoms with van der Waals surface area (Å²) >= 11 is 25.5. The number of benzene rings is 4. The number of aliphatic carboxylic acids is 1. The Morgan fingerprint density at radius 3 is 1.29 bits per heavy atom. The third kappa shape index (κ3) is 11.7. The van der Waals surface area contributed by atoms with Gasteiger partial charge in [0.1, 0.15) is 49.3 Å². The van der Waals surface area contributed by atoms with Gasteiger partial charge in [-0.05, 0) is 90.1 Å². The van der Waals surface area contributed by atoms with Gasteiger partial charge in [-0.25, -0.2) is 9.36 Å². The van der Waals surface area contributed by atoms with Crippen LogP contribution in [-0.4, -0.2) is 136 Å². The van der Waals surface area contributed by atoms with Crippen molar-refractivity contribution in [2.75, 3.05) is 42.4 Å². The molecule has 0 bridgehead atoms. The summed E-state index contributed by atoms with van der Waals surface area (Å²) in [4.78, 5) is 55.7. The van der Waals surface area contributed by atoms with Crippen LogP contribution in [0.5, 0.6) is 23.0 Å². The van der Waals surface area contributed by atoms with Crippen molar-refractivity contribution in [3.63, 3.8) is 0 Å². The van der Waals surface area contributed by atoms with Crippen LogP contribution in [-0.2, 0) is 35.9 Å². The quantitative estimate of drug-likeness (QED) is 0.121. The fourth-order valence-corrected chi connectivity index (χ4v) is 10.1. The Balaban J connectivity index is 0.000000198. The molecule has 0 saturated heterocycles. The van der Waals surface area contributed by atoms with Gasteiger partial charge in [0.2, 0.25) is 5.91 Å². The Kier molecular flexibility index (Phi) is 16.2. The molecule has 0 aliphatic carbocycles. The number of halogens is 4. The maximum Gasteiger partial charge on any atom is 0.325 e. The Hall–Kier alpha value is -8.04. The van der Waals surface area contributed by atoms with Crippen molar-refractivity contribution in [2.24, 2.45) is 0 Å². The molecule has 4 aromatic heterocycles. The first kappa shape index (κ1) is 58.6. The molecule has 0 spiro atoms. The summed E-state index contributed by atoms with van der Waals surface area (Å²) in [6, 6.07) is 17.5. The van der Waals surface area contributed by atoms with Crippen LogP contribution >= 0.6 is 46.4 Å². The number of hydrogen-bond donors (Lipinski definition) is 1. The molecule has 1 N–H and O–H groups in total. The van der Waals surface area contributed by atoms with Crippen LogP contribution < -0.4 is 18.9 Å². The van der Waals surface area contributed by atoms with Crippen LogP contribution in [0.2, 0.25) is 20.1 Å². The molecular weight excluding hydrogens is 1140 g/mol. The first-order valence-corrected chi connectivity index (χ1v) is 27.1. The molecule has 82 heavy (non-hydrogen) atoms. The fourth-order valence-electron chi connectivity index (χ4n) is 9.11. The van der Waals surface area contributed by atoms with Crippen LogP contribution in [0.15, 0.2) is 85.5 Å². The smallest absolute Gasteiger partial charge is 0.325 e. The number of likely N-dealkylation sites (N-methyl/N-ethyl adjacent to an activating group) is 1. The van der Waals surface area contributed by atoms with Gasteiger partial charge in [0.15, 0.2) is 11.4 Å². The molecule has 0 unspecified atom stereocenters. The number of fused-ring (bicyclic) bond motifs is 6. The zero-order chi connectivity index (χ0) is 59.4. The van der Waals surface area contributed by atoms with Gasteiger partial charge in [0.05, 0.1) is 49.4 Å². The standard InChI is InChI=1S/C30H32Cl2N6O4.C28H27Cl2N5O5/c1-30(2,3)36(6)29(40)27-23-16-42-25-12-24(41-7)21(17-13-33-37(14-17)15-26(39)35(4)5)11-22(25)28(23)38(34-27)20-9-18(31)8-19(32)10-20;1-28(2,3)33(4)27(38)25-21-14-40-23-10-22(39-5)19(15-11-31-34(12-15)13-24(36)37)9-20(23)26(21)35(32-25)18-7-16(29)6-17(30)8-18/h8-14H,15-16H2,1-7H3;6-12H,13-14H2,1-5H3,(H,36,37). The molecule has 10 rings (SSSR count). The minimum Gasteiger partial charge on any atom is -0.496 e. The monoisotopic (exact) mass is 1190 g/mol. The molecule has 4 aromatic carbocycles. The summed E-state index contributed by atoms with van der Waals surface area (Å²) < 4.78 is 30.0. The van der Waals surface area contributed by atoms with Crippen molar-refractivity contribution >= 4 is 70.1 Å². The van der Waals surface area contributed by atoms with Crippen molar-refractivity contribution < 1.29 is 43.2 Å². The lowest BCUT2D eigenvalue weighted by Crippen LogP contribution is -2.43. The van der Waals surface area contributed by atoms with Crippen molar-refractivity contribution in [3.8, 4) is 79.1 Å². The zero-order valence-corrected chi connectivity index (χ0v) is 50.1. The second kappa shape index (κ2) is 22.7. The Morgan fingerprint density at radius 2 is 0.951 bits per heavy atom. The van der Waals surface area contributed by atoms with Crippen LogP contribution in [0.3, 0.4) is 0 Å². The van der Waals surface area contributed by atoms with E-state index < -0.39 is 17.0 Å². The number of amides is 3. The Bertz CT molecular complexity index is 3810. The average molecular weight is 1200 g/mol. The Labute approximate surface area is 493 Å². The minimum absolute atomic E-state index is 0.0818. The average Bonchev–Trinajstić information content (AvgIpc) is 4.40. The highest BCUT2D eigenvalue weighted by Crippen LogP contribution is 2.48. The zero-order valence-electron chi connectivity index (χ0n) is 47.1. The highest BCUT2D eigenvalue weighted by molar-refractivity contribution is 6.35. The summed E-state index contributed by atoms with van der Waals surface area (Å²) in [5.41, 5.74) is 7.53. The van der Waals surface area contributed by atoms with E-state index in [2.05, 4.69) is 10.2 Å². The molecule has 6 heterocycles. The minimum atomic E-state index is -1.01. The van der Waals surface area contributed by atoms with E-state index in [0.717, 1.165) is 11.1 Å². The van der Waals surface area contributed by atoms with E-state index in [0.29, 0.717) is 99.2 Å². The summed E-state index contributed by atoms with van der Waals surface area (Å²) in [5, 5.41) is 29.0. The number of carboxylic acids is 1. The molecule has 3 amide bonds. The molecule has 2 aliphatic heterocycles. The Morgan fingerprint density at radius 1 is 0.573 bits per heavy atom. The molecular formula is C58H59Cl4N11O9. The highest BCUT2D eigenvalue weighted by atomic mass is 35.5. The summed E-state index contributed by atoms with van der Waals surface area (Å²) in [6.07, 6.45) is 6.67. The molecule has 0 radical (unpaired) electrons. The van der Waals surface area contributed by atoms with Crippen LogP contribution in [0, 0.1) is 0 Å². The highest BCUT2D eigenvalue weighted by Gasteiger charge is 2.37. The van der Waals surface area contributed by atoms with E-state index in [1.807, 2.05) is 53.7 Å². The number of carbonyl (C=O) groups excluding carboxylic acids is 3. The first-order chi connectivity index (χ1) is 38.6. The van der Waals surface area contributed by atoms with Gasteiger partial charge in [-0.2, -0.15) is 20.4 Å². The predicted octanol–water partition coefficient (Wildman–Crippen LogP) is 11.1. The molecule has 24 heteroatoms. The lowest BCUT2D eigenvalue weighted by molar-refractivity contribution is -0.138. The number of hydrogen-bond acceptors (Lipinski definition) is 12. The third-order valence-corrected chi connectivity index (χ3v) is 14.9. The van der Waals surface area contributed by atoms with Crippen LogP contribution in [0.25, 0.3) is 56.1 Å². The molecule has 428 valence electrons. The number of ether oxygens (including phenoxy) is 4. The molecule has 8 aromatic rings. The lowest BCUT2D eigenvalue weighted by Gasteiger charge is -2.31. The molecule has 0 fully saturated rings. The van der Waals surface area contributed by atoms with Crippen LogP contribution in [0.1, 0.15) is 73.6 Å². The molecule has 20 nitrogen and oxygen atoms in total. The predicted molar refractivity (Wildman–Crippen MR) is 312 cm³/mol. The molecule has 0 atom stereocenters. The number of nitrogens with zero attached hydrogens (tertiary/aromatic N) is 11. The topological polar surface area (TPSA) is 206 Å². The van der Waals surface area contributed by atoms with Gasteiger partial charge in [-0.1, -0.05) is 46.4 Å². The van der Waals surface area contributed by atoms with Crippen molar-refractivity contribution in [2.45, 2.75) is 78.9 Å². The molecule has 2 aliphatic rings. The first-order valence-electron chi connectivity index (χ1n) is 25.6. The van der Waals surface area contributed by atoms with E-state index in [1.54, 1.807) is 140 Å². The summed E-state index contributed by atoms with van der Waals surface area (Å²) in [7, 11) is 10.0. The van der Waals surface area contributed by atoms with Gasteiger partial charge in [0, 0.05) is 128 Å². The van der Waals surface area contributed by atoms with Gasteiger partial charge in [-0.15, -0.1) is 0 Å². The summed E-state index contributed by atoms with van der Waals surface area (Å²) in [5.74, 6) is 0.589. The third-order valence-electron chi connectivity index (χ3n) is 14.0. The van der Waals surface area contributed by atoms with Crippen molar-refractivity contribution in [1.82, 2.24) is 53.8 Å². The lowest BCUT2D eigenvalue weighted by atomic mass is 9.96. The number of carboxylic acid groups (broad SMARTS) is 1. The van der Waals surface area contributed by atoms with Gasteiger partial charge >= 0.3 is 5.97 Å². The van der Waals surface area contributed by atoms with E-state index in [9.17, 15) is 19.2 Å². The maximum absolute atomic E-state index is 13.8. The van der Waals surface area contributed by atoms with Crippen molar-refractivity contribution in [1.29, 1.82) is 0 Å². The van der Waals surface area contributed by atoms with E-state index >= 15 is 0 Å². The fraction of sp³-hybridized carbons (Fsp3) is 0.310. The van der Waals surface area contributed by atoms with Gasteiger partial charge in [-0.3, -0.25) is 28.5 Å². The number of rotatable bonds is 12. The number of carbonyl (C=O) groups is 4. The van der Waals surface area contributed by atoms with Gasteiger partial charge in [0.25, 0.3) is 11.8 Å². The summed E-state index contributed by atoms with van der Waals surface area (Å²) in [6.45, 7) is 11.8. The largest absolute Gasteiger partial charge is 0.496 e. The molecule has 0 saturated carbocycles. The van der Waals surface area contributed by atoms with E-state index in [1.165, 1.54) is 9.58 Å². The van der Waals surface area contributed by atoms with E-state index in [-0.39, 0.29) is 55.4 Å². The van der Waals surface area contributed by atoms with Gasteiger partial charge < -0.3 is 38.8 Å². The normalized spacial score (nSPS) is 12.3. The second-order valence-corrected chi connectivity index (χ2v) is 23.5. The van der Waals surface area contributed by atoms with E-state index in [4.69, 9.17) is 80.7 Å². The second-order valence-electron chi connectivity index (χ2n) is 21.7. The van der Waals surface area contributed by atoms with Crippen LogP contribution in [0.4, 0.5) is 0 Å². The SMILES string of the molecule is COc1cc2c(cc1-c1cnn(CC(=O)N(C)C)c1)-c1c(c(C(=O)N(C)C(C)(C)C)nn1-c1cc(Cl)cc(Cl)c1)CO2.COc1cc2c(cc1-c1cnn(CC(=O)O)c1)-c1c(c(C(=O)N(C)C(C)(C)C)nn1-c1cc(Cl)cc(Cl)c1)CO2. The van der Waals surface area contributed by atoms with Crippen molar-refractivity contribution in [3.05, 3.63) is 128 Å². The number of aromatic nitrogens is 8. The number of methoxy groups -OCH3 is 2. The maximum atomic E-state index is 13.8.